The van der Waals surface area contributed by atoms with Gasteiger partial charge in [-0.2, -0.15) is 5.10 Å². The molecule has 2 aromatic heterocycles. The van der Waals surface area contributed by atoms with E-state index in [0.29, 0.717) is 23.6 Å². The summed E-state index contributed by atoms with van der Waals surface area (Å²) in [6.45, 7) is 1.83. The highest BCUT2D eigenvalue weighted by atomic mass is 16.5. The second kappa shape index (κ2) is 9.72. The summed E-state index contributed by atoms with van der Waals surface area (Å²) in [5.74, 6) is 0.743. The molecular weight excluding hydrogens is 446 g/mol. The molecule has 8 nitrogen and oxygen atoms in total. The summed E-state index contributed by atoms with van der Waals surface area (Å²) in [7, 11) is 0. The molecule has 0 saturated carbocycles. The van der Waals surface area contributed by atoms with Gasteiger partial charge < -0.3 is 18.9 Å². The fourth-order valence-electron chi connectivity index (χ4n) is 3.81. The Labute approximate surface area is 201 Å². The number of benzene rings is 2. The van der Waals surface area contributed by atoms with E-state index in [1.165, 1.54) is 11.3 Å². The van der Waals surface area contributed by atoms with Crippen molar-refractivity contribution < 1.29 is 23.2 Å². The number of anilines is 1. The van der Waals surface area contributed by atoms with E-state index >= 15 is 0 Å². The number of hydrogen-bond acceptors (Lipinski definition) is 6. The number of amides is 2. The number of hydrogen-bond donors (Lipinski definition) is 1. The van der Waals surface area contributed by atoms with Crippen LogP contribution >= 0.6 is 0 Å². The van der Waals surface area contributed by atoms with Gasteiger partial charge in [-0.25, -0.2) is 5.01 Å². The fraction of sp³-hybridized carbons (Fsp3) is 0.148. The van der Waals surface area contributed by atoms with Crippen LogP contribution in [0.2, 0.25) is 0 Å². The largest absolute Gasteiger partial charge is 0.484 e. The topological polar surface area (TPSA) is 97.3 Å². The zero-order valence-electron chi connectivity index (χ0n) is 19.0. The molecule has 2 amide bonds. The SMILES string of the molecule is Cc1ccc(C2=NN(C(=O)COc3ccc(NC(=O)c4ccco4)cc3)[C@H](c3ccco3)C2)cc1. The first-order chi connectivity index (χ1) is 17.1. The van der Waals surface area contributed by atoms with E-state index in [9.17, 15) is 9.59 Å². The van der Waals surface area contributed by atoms with Gasteiger partial charge in [0.15, 0.2) is 12.4 Å². The van der Waals surface area contributed by atoms with Crippen molar-refractivity contribution in [1.29, 1.82) is 0 Å². The van der Waals surface area contributed by atoms with E-state index in [-0.39, 0.29) is 30.2 Å². The van der Waals surface area contributed by atoms with Crippen molar-refractivity contribution in [3.63, 3.8) is 0 Å². The average Bonchev–Trinajstić information content (AvgIpc) is 3.65. The number of carbonyl (C=O) groups excluding carboxylic acids is 2. The summed E-state index contributed by atoms with van der Waals surface area (Å²) in [4.78, 5) is 25.2. The number of nitrogens with zero attached hydrogens (tertiary/aromatic N) is 2. The van der Waals surface area contributed by atoms with Gasteiger partial charge in [0.2, 0.25) is 0 Å². The Morgan fingerprint density at radius 3 is 2.43 bits per heavy atom. The monoisotopic (exact) mass is 469 g/mol. The molecule has 0 spiro atoms. The van der Waals surface area contributed by atoms with Crippen molar-refractivity contribution in [3.8, 4) is 5.75 Å². The highest BCUT2D eigenvalue weighted by Gasteiger charge is 2.35. The number of nitrogens with one attached hydrogen (secondary N) is 1. The smallest absolute Gasteiger partial charge is 0.291 e. The van der Waals surface area contributed by atoms with Crippen LogP contribution in [0.1, 0.15) is 39.9 Å². The molecule has 0 unspecified atom stereocenters. The number of ether oxygens (including phenoxy) is 1. The number of carbonyl (C=O) groups is 2. The van der Waals surface area contributed by atoms with Crippen LogP contribution in [0, 0.1) is 6.92 Å². The molecule has 0 bridgehead atoms. The van der Waals surface area contributed by atoms with Crippen LogP contribution in [-0.2, 0) is 4.79 Å². The van der Waals surface area contributed by atoms with Crippen LogP contribution < -0.4 is 10.1 Å². The van der Waals surface area contributed by atoms with Gasteiger partial charge in [0.25, 0.3) is 11.8 Å². The fourth-order valence-corrected chi connectivity index (χ4v) is 3.81. The van der Waals surface area contributed by atoms with Gasteiger partial charge in [-0.1, -0.05) is 29.8 Å². The number of hydrazone groups is 1. The minimum atomic E-state index is -0.348. The van der Waals surface area contributed by atoms with Gasteiger partial charge in [-0.3, -0.25) is 9.59 Å². The summed E-state index contributed by atoms with van der Waals surface area (Å²) >= 11 is 0. The predicted molar refractivity (Wildman–Crippen MR) is 129 cm³/mol. The summed E-state index contributed by atoms with van der Waals surface area (Å²) in [6, 6.07) is 21.3. The third-order valence-electron chi connectivity index (χ3n) is 5.64. The predicted octanol–water partition coefficient (Wildman–Crippen LogP) is 5.19. The van der Waals surface area contributed by atoms with Crippen molar-refractivity contribution in [1.82, 2.24) is 5.01 Å². The standard InChI is InChI=1S/C27H23N3O5/c1-18-6-8-19(9-7-18)22-16-23(24-4-2-14-33-24)30(29-22)26(31)17-35-21-12-10-20(11-13-21)28-27(32)25-5-3-15-34-25/h2-15,23H,16-17H2,1H3,(H,28,32)/t23-/m0/s1. The molecular formula is C27H23N3O5. The maximum atomic E-state index is 13.1. The van der Waals surface area contributed by atoms with E-state index in [1.807, 2.05) is 37.3 Å². The van der Waals surface area contributed by atoms with Crippen molar-refractivity contribution in [3.05, 3.63) is 108 Å². The van der Waals surface area contributed by atoms with E-state index in [1.54, 1.807) is 48.7 Å². The summed E-state index contributed by atoms with van der Waals surface area (Å²) in [5.41, 5.74) is 3.52. The minimum absolute atomic E-state index is 0.194. The highest BCUT2D eigenvalue weighted by Crippen LogP contribution is 2.33. The van der Waals surface area contributed by atoms with Gasteiger partial charge >= 0.3 is 0 Å². The van der Waals surface area contributed by atoms with Crippen LogP contribution in [0.5, 0.6) is 5.75 Å². The number of rotatable bonds is 7. The lowest BCUT2D eigenvalue weighted by Crippen LogP contribution is -2.31. The molecule has 1 aliphatic heterocycles. The summed E-state index contributed by atoms with van der Waals surface area (Å²) in [5, 5.41) is 8.78. The van der Waals surface area contributed by atoms with Crippen molar-refractivity contribution in [2.75, 3.05) is 11.9 Å². The summed E-state index contributed by atoms with van der Waals surface area (Å²) < 4.78 is 16.4. The van der Waals surface area contributed by atoms with Gasteiger partial charge in [-0.05, 0) is 61.0 Å². The van der Waals surface area contributed by atoms with E-state index in [4.69, 9.17) is 13.6 Å². The molecule has 1 aliphatic rings. The zero-order valence-corrected chi connectivity index (χ0v) is 19.0. The molecule has 2 aromatic carbocycles. The third kappa shape index (κ3) is 5.01. The van der Waals surface area contributed by atoms with Gasteiger partial charge in [0, 0.05) is 12.1 Å². The number of furan rings is 2. The first-order valence-electron chi connectivity index (χ1n) is 11.1. The van der Waals surface area contributed by atoms with Crippen LogP contribution in [0.25, 0.3) is 0 Å². The molecule has 1 atom stereocenters. The zero-order chi connectivity index (χ0) is 24.2. The second-order valence-corrected chi connectivity index (χ2v) is 8.13. The molecule has 0 fully saturated rings. The Balaban J connectivity index is 1.25. The highest BCUT2D eigenvalue weighted by molar-refractivity contribution is 6.03. The normalized spacial score (nSPS) is 15.1. The van der Waals surface area contributed by atoms with E-state index < -0.39 is 0 Å². The minimum Gasteiger partial charge on any atom is -0.484 e. The van der Waals surface area contributed by atoms with Crippen LogP contribution in [0.3, 0.4) is 0 Å². The van der Waals surface area contributed by atoms with Crippen molar-refractivity contribution >= 4 is 23.2 Å². The van der Waals surface area contributed by atoms with Crippen molar-refractivity contribution in [2.24, 2.45) is 5.10 Å². The van der Waals surface area contributed by atoms with Gasteiger partial charge in [0.05, 0.1) is 18.2 Å². The molecule has 4 aromatic rings. The van der Waals surface area contributed by atoms with E-state index in [2.05, 4.69) is 10.4 Å². The van der Waals surface area contributed by atoms with Gasteiger partial charge in [0.1, 0.15) is 17.6 Å². The molecule has 35 heavy (non-hydrogen) atoms. The van der Waals surface area contributed by atoms with Crippen molar-refractivity contribution in [2.45, 2.75) is 19.4 Å². The molecule has 1 N–H and O–H groups in total. The Morgan fingerprint density at radius 1 is 1.00 bits per heavy atom. The maximum absolute atomic E-state index is 13.1. The van der Waals surface area contributed by atoms with Gasteiger partial charge in [-0.15, -0.1) is 0 Å². The Kier molecular flexibility index (Phi) is 6.17. The Morgan fingerprint density at radius 2 is 1.74 bits per heavy atom. The Bertz CT molecular complexity index is 1320. The second-order valence-electron chi connectivity index (χ2n) is 8.13. The molecule has 3 heterocycles. The maximum Gasteiger partial charge on any atom is 0.291 e. The first-order valence-corrected chi connectivity index (χ1v) is 11.1. The number of aryl methyl sites for hydroxylation is 1. The third-order valence-corrected chi connectivity index (χ3v) is 5.64. The molecule has 8 heteroatoms. The summed E-state index contributed by atoms with van der Waals surface area (Å²) in [6.07, 6.45) is 3.57. The van der Waals surface area contributed by atoms with E-state index in [0.717, 1.165) is 16.8 Å². The average molecular weight is 469 g/mol. The quantitative estimate of drug-likeness (QED) is 0.402. The molecule has 0 radical (unpaired) electrons. The Hall–Kier alpha value is -4.59. The van der Waals surface area contributed by atoms with Crippen LogP contribution in [0.4, 0.5) is 5.69 Å². The molecule has 0 aliphatic carbocycles. The van der Waals surface area contributed by atoms with Crippen LogP contribution in [-0.4, -0.2) is 29.1 Å². The van der Waals surface area contributed by atoms with Crippen LogP contribution in [0.15, 0.2) is 99.3 Å². The lowest BCUT2D eigenvalue weighted by Gasteiger charge is -2.20. The molecule has 5 rings (SSSR count). The molecule has 176 valence electrons. The lowest BCUT2D eigenvalue weighted by molar-refractivity contribution is -0.135. The lowest BCUT2D eigenvalue weighted by atomic mass is 10.0. The first kappa shape index (κ1) is 22.2. The molecule has 0 saturated heterocycles.